The molecule has 7 nitrogen and oxygen atoms in total. The first-order chi connectivity index (χ1) is 13.2. The van der Waals surface area contributed by atoms with E-state index in [-0.39, 0.29) is 9.92 Å². The molecule has 0 amide bonds. The highest BCUT2D eigenvalue weighted by atomic mass is 35.5. The molecule has 152 valence electrons. The number of hydrogen-bond acceptors (Lipinski definition) is 6. The molecule has 0 aliphatic carbocycles. The van der Waals surface area contributed by atoms with Crippen LogP contribution in [0.1, 0.15) is 18.2 Å². The van der Waals surface area contributed by atoms with E-state index in [1.165, 1.54) is 16.4 Å². The monoisotopic (exact) mass is 443 g/mol. The summed E-state index contributed by atoms with van der Waals surface area (Å²) < 4.78 is 27.5. The molecular weight excluding hydrogens is 421 g/mol. The molecule has 2 aromatic rings. The van der Waals surface area contributed by atoms with Crippen LogP contribution in [0.15, 0.2) is 23.1 Å². The molecule has 0 unspecified atom stereocenters. The van der Waals surface area contributed by atoms with Crippen molar-refractivity contribution in [3.63, 3.8) is 0 Å². The number of hydrogen-bond donors (Lipinski definition) is 1. The van der Waals surface area contributed by atoms with Gasteiger partial charge in [-0.05, 0) is 38.5 Å². The van der Waals surface area contributed by atoms with Gasteiger partial charge in [-0.15, -0.1) is 0 Å². The highest BCUT2D eigenvalue weighted by Gasteiger charge is 2.31. The lowest BCUT2D eigenvalue weighted by Gasteiger charge is -2.34. The fourth-order valence-corrected chi connectivity index (χ4v) is 5.29. The van der Waals surface area contributed by atoms with Gasteiger partial charge in [0, 0.05) is 49.5 Å². The van der Waals surface area contributed by atoms with Crippen molar-refractivity contribution in [2.45, 2.75) is 25.7 Å². The van der Waals surface area contributed by atoms with Gasteiger partial charge in [0.1, 0.15) is 10.7 Å². The number of halogens is 2. The number of benzene rings is 1. The lowest BCUT2D eigenvalue weighted by Crippen LogP contribution is -2.49. The van der Waals surface area contributed by atoms with Gasteiger partial charge in [-0.25, -0.2) is 13.4 Å². The van der Waals surface area contributed by atoms with Crippen molar-refractivity contribution >= 4 is 45.0 Å². The summed E-state index contributed by atoms with van der Waals surface area (Å²) in [6, 6.07) is 4.89. The Bertz CT molecular complexity index is 976. The van der Waals surface area contributed by atoms with E-state index in [0.717, 1.165) is 18.1 Å². The zero-order chi connectivity index (χ0) is 20.5. The second-order valence-electron chi connectivity index (χ2n) is 6.65. The molecular formula is C18H23Cl2N5O2S. The Morgan fingerprint density at radius 1 is 1.04 bits per heavy atom. The van der Waals surface area contributed by atoms with Crippen LogP contribution in [0.25, 0.3) is 0 Å². The van der Waals surface area contributed by atoms with Gasteiger partial charge in [0.15, 0.2) is 0 Å². The molecule has 28 heavy (non-hydrogen) atoms. The van der Waals surface area contributed by atoms with E-state index in [9.17, 15) is 8.42 Å². The van der Waals surface area contributed by atoms with E-state index in [1.54, 1.807) is 6.92 Å². The van der Waals surface area contributed by atoms with Gasteiger partial charge in [-0.2, -0.15) is 9.29 Å². The van der Waals surface area contributed by atoms with Crippen molar-refractivity contribution in [2.75, 3.05) is 42.9 Å². The number of sulfonamides is 1. The lowest BCUT2D eigenvalue weighted by molar-refractivity contribution is 0.382. The predicted molar refractivity (Wildman–Crippen MR) is 113 cm³/mol. The van der Waals surface area contributed by atoms with Crippen LogP contribution in [0, 0.1) is 13.8 Å². The lowest BCUT2D eigenvalue weighted by atomic mass is 10.2. The summed E-state index contributed by atoms with van der Waals surface area (Å²) in [6.07, 6.45) is 0. The molecule has 0 bridgehead atoms. The van der Waals surface area contributed by atoms with E-state index in [0.29, 0.717) is 42.7 Å². The fourth-order valence-electron chi connectivity index (χ4n) is 3.06. The summed E-state index contributed by atoms with van der Waals surface area (Å²) >= 11 is 12.2. The van der Waals surface area contributed by atoms with Crippen molar-refractivity contribution in [3.05, 3.63) is 39.5 Å². The van der Waals surface area contributed by atoms with Gasteiger partial charge >= 0.3 is 0 Å². The fraction of sp³-hybridized carbons (Fsp3) is 0.444. The minimum atomic E-state index is -3.70. The molecule has 0 saturated carbocycles. The topological polar surface area (TPSA) is 78.4 Å². The number of nitrogens with one attached hydrogen (secondary N) is 1. The molecule has 3 rings (SSSR count). The van der Waals surface area contributed by atoms with Gasteiger partial charge in [0.25, 0.3) is 0 Å². The van der Waals surface area contributed by atoms with Crippen LogP contribution in [0.2, 0.25) is 10.0 Å². The number of aromatic nitrogens is 2. The smallest absolute Gasteiger partial charge is 0.244 e. The molecule has 1 N–H and O–H groups in total. The minimum Gasteiger partial charge on any atom is -0.370 e. The molecule has 0 atom stereocenters. The van der Waals surface area contributed by atoms with Crippen LogP contribution in [-0.4, -0.2) is 55.4 Å². The molecule has 1 aromatic carbocycles. The van der Waals surface area contributed by atoms with Gasteiger partial charge in [-0.3, -0.25) is 0 Å². The van der Waals surface area contributed by atoms with Gasteiger partial charge in [0.2, 0.25) is 16.0 Å². The third-order valence-corrected chi connectivity index (χ3v) is 7.32. The summed E-state index contributed by atoms with van der Waals surface area (Å²) in [4.78, 5) is 11.1. The standard InChI is InChI=1S/C18H23Cl2N5O2S/c1-4-21-17-10-13(3)22-18(23-17)24-5-7-25(8-6-24)28(26,27)16-9-12(2)14(19)11-15(16)20/h9-11H,4-8H2,1-3H3,(H,21,22,23). The number of nitrogens with zero attached hydrogens (tertiary/aromatic N) is 4. The highest BCUT2D eigenvalue weighted by Crippen LogP contribution is 2.31. The molecule has 0 spiro atoms. The maximum atomic E-state index is 13.0. The van der Waals surface area contributed by atoms with E-state index < -0.39 is 10.0 Å². The van der Waals surface area contributed by atoms with E-state index in [1.807, 2.05) is 24.8 Å². The van der Waals surface area contributed by atoms with Crippen molar-refractivity contribution in [2.24, 2.45) is 0 Å². The Kier molecular flexibility index (Phi) is 6.34. The predicted octanol–water partition coefficient (Wildman–Crippen LogP) is 3.34. The van der Waals surface area contributed by atoms with Crippen LogP contribution in [0.5, 0.6) is 0 Å². The first-order valence-electron chi connectivity index (χ1n) is 9.02. The molecule has 1 fully saturated rings. The summed E-state index contributed by atoms with van der Waals surface area (Å²) in [7, 11) is -3.70. The van der Waals surface area contributed by atoms with Crippen LogP contribution in [0.3, 0.4) is 0 Å². The van der Waals surface area contributed by atoms with E-state index in [2.05, 4.69) is 15.3 Å². The molecule has 1 aromatic heterocycles. The SMILES string of the molecule is CCNc1cc(C)nc(N2CCN(S(=O)(=O)c3cc(C)c(Cl)cc3Cl)CC2)n1. The quantitative estimate of drug-likeness (QED) is 0.762. The number of aryl methyl sites for hydroxylation is 2. The van der Waals surface area contributed by atoms with Crippen LogP contribution >= 0.6 is 23.2 Å². The molecule has 2 heterocycles. The Balaban J connectivity index is 1.77. The largest absolute Gasteiger partial charge is 0.370 e. The Morgan fingerprint density at radius 2 is 1.71 bits per heavy atom. The molecule has 1 aliphatic rings. The molecule has 1 aliphatic heterocycles. The summed E-state index contributed by atoms with van der Waals surface area (Å²) in [6.45, 7) is 8.09. The average Bonchev–Trinajstić information content (AvgIpc) is 2.64. The normalized spacial score (nSPS) is 15.7. The van der Waals surface area contributed by atoms with Crippen LogP contribution < -0.4 is 10.2 Å². The first-order valence-corrected chi connectivity index (χ1v) is 11.2. The van der Waals surface area contributed by atoms with Gasteiger partial charge in [0.05, 0.1) is 5.02 Å². The van der Waals surface area contributed by atoms with Gasteiger partial charge < -0.3 is 10.2 Å². The molecule has 10 heteroatoms. The van der Waals surface area contributed by atoms with Gasteiger partial charge in [-0.1, -0.05) is 23.2 Å². The van der Waals surface area contributed by atoms with E-state index >= 15 is 0 Å². The van der Waals surface area contributed by atoms with Crippen molar-refractivity contribution in [3.8, 4) is 0 Å². The zero-order valence-electron chi connectivity index (χ0n) is 16.0. The minimum absolute atomic E-state index is 0.0887. The van der Waals surface area contributed by atoms with Crippen LogP contribution in [0.4, 0.5) is 11.8 Å². The zero-order valence-corrected chi connectivity index (χ0v) is 18.4. The number of piperazine rings is 1. The Hall–Kier alpha value is -1.61. The van der Waals surface area contributed by atoms with E-state index in [4.69, 9.17) is 23.2 Å². The summed E-state index contributed by atoms with van der Waals surface area (Å²) in [5, 5.41) is 3.77. The van der Waals surface area contributed by atoms with Crippen LogP contribution in [-0.2, 0) is 10.0 Å². The second kappa shape index (κ2) is 8.41. The molecule has 0 radical (unpaired) electrons. The average molecular weight is 444 g/mol. The third-order valence-electron chi connectivity index (χ3n) is 4.55. The third kappa shape index (κ3) is 4.35. The maximum Gasteiger partial charge on any atom is 0.244 e. The Morgan fingerprint density at radius 3 is 2.36 bits per heavy atom. The summed E-state index contributed by atoms with van der Waals surface area (Å²) in [5.74, 6) is 1.37. The summed E-state index contributed by atoms with van der Waals surface area (Å²) in [5.41, 5.74) is 1.53. The van der Waals surface area contributed by atoms with Crippen molar-refractivity contribution < 1.29 is 8.42 Å². The van der Waals surface area contributed by atoms with Crippen molar-refractivity contribution in [1.82, 2.24) is 14.3 Å². The first kappa shape index (κ1) is 21.1. The van der Waals surface area contributed by atoms with Crippen molar-refractivity contribution in [1.29, 1.82) is 0 Å². The maximum absolute atomic E-state index is 13.0. The molecule has 1 saturated heterocycles. The second-order valence-corrected chi connectivity index (χ2v) is 9.37. The highest BCUT2D eigenvalue weighted by molar-refractivity contribution is 7.89. The Labute approximate surface area is 175 Å². The number of anilines is 2. The number of rotatable bonds is 5.